The summed E-state index contributed by atoms with van der Waals surface area (Å²) in [4.78, 5) is 13.8. The minimum absolute atomic E-state index is 0.0191. The Morgan fingerprint density at radius 2 is 2.24 bits per heavy atom. The molecule has 4 heteroatoms. The van der Waals surface area contributed by atoms with Crippen LogP contribution in [-0.2, 0) is 0 Å². The van der Waals surface area contributed by atoms with Crippen LogP contribution in [0.2, 0.25) is 0 Å². The van der Waals surface area contributed by atoms with E-state index in [0.29, 0.717) is 5.92 Å². The van der Waals surface area contributed by atoms with Crippen molar-refractivity contribution in [3.8, 4) is 0 Å². The van der Waals surface area contributed by atoms with Crippen molar-refractivity contribution in [2.45, 2.75) is 38.4 Å². The molecule has 1 rings (SSSR count). The molecule has 96 valence electrons. The Hall–Kier alpha value is -0.350. The molecule has 0 aromatic rings. The molecule has 0 aliphatic carbocycles. The zero-order chi connectivity index (χ0) is 13.1. The van der Waals surface area contributed by atoms with Gasteiger partial charge < -0.3 is 0 Å². The molecule has 2 nitrogen and oxygen atoms in total. The smallest absolute Gasteiger partial charge is 0.287 e. The third kappa shape index (κ3) is 3.10. The fourth-order valence-electron chi connectivity index (χ4n) is 2.38. The molecular weight excluding hydrogens is 250 g/mol. The van der Waals surface area contributed by atoms with Crippen molar-refractivity contribution in [3.05, 3.63) is 23.6 Å². The van der Waals surface area contributed by atoms with E-state index in [9.17, 15) is 4.79 Å². The fraction of sp³-hybridized carbons (Fsp3) is 0.615. The highest BCUT2D eigenvalue weighted by Crippen LogP contribution is 2.46. The van der Waals surface area contributed by atoms with E-state index in [0.717, 1.165) is 24.4 Å². The Balaban J connectivity index is 2.80. The summed E-state index contributed by atoms with van der Waals surface area (Å²) < 4.78 is 0.0191. The Labute approximate surface area is 113 Å². The molecule has 1 fully saturated rings. The van der Waals surface area contributed by atoms with E-state index in [1.54, 1.807) is 10.3 Å². The molecule has 17 heavy (non-hydrogen) atoms. The van der Waals surface area contributed by atoms with Crippen LogP contribution in [0.25, 0.3) is 0 Å². The first-order chi connectivity index (χ1) is 7.98. The SMILES string of the molecule is C=CSC(=C)N1C[C@](C)(C(CC)CC)SC1=O. The molecule has 0 aromatic heterocycles. The maximum atomic E-state index is 12.0. The predicted molar refractivity (Wildman–Crippen MR) is 79.1 cm³/mol. The first-order valence-electron chi connectivity index (χ1n) is 5.95. The molecule has 0 unspecified atom stereocenters. The minimum Gasteiger partial charge on any atom is -0.296 e. The van der Waals surface area contributed by atoms with Gasteiger partial charge in [0.15, 0.2) is 0 Å². The Morgan fingerprint density at radius 1 is 1.65 bits per heavy atom. The van der Waals surface area contributed by atoms with Crippen molar-refractivity contribution in [1.29, 1.82) is 0 Å². The summed E-state index contributed by atoms with van der Waals surface area (Å²) in [6, 6.07) is 0. The maximum Gasteiger partial charge on any atom is 0.287 e. The molecule has 1 amide bonds. The largest absolute Gasteiger partial charge is 0.296 e. The van der Waals surface area contributed by atoms with Gasteiger partial charge in [-0.25, -0.2) is 0 Å². The van der Waals surface area contributed by atoms with Gasteiger partial charge in [-0.2, -0.15) is 0 Å². The Morgan fingerprint density at radius 3 is 2.71 bits per heavy atom. The number of nitrogens with zero attached hydrogens (tertiary/aromatic N) is 1. The van der Waals surface area contributed by atoms with Crippen LogP contribution in [0.15, 0.2) is 23.6 Å². The van der Waals surface area contributed by atoms with E-state index in [1.807, 2.05) is 0 Å². The number of hydrogen-bond acceptors (Lipinski definition) is 3. The van der Waals surface area contributed by atoms with Gasteiger partial charge in [0, 0.05) is 11.3 Å². The van der Waals surface area contributed by atoms with Gasteiger partial charge in [-0.05, 0) is 18.2 Å². The van der Waals surface area contributed by atoms with E-state index in [4.69, 9.17) is 0 Å². The highest BCUT2D eigenvalue weighted by molar-refractivity contribution is 8.15. The minimum atomic E-state index is 0.0191. The lowest BCUT2D eigenvalue weighted by Gasteiger charge is -2.31. The average Bonchev–Trinajstić information content (AvgIpc) is 2.57. The lowest BCUT2D eigenvalue weighted by molar-refractivity contribution is 0.236. The van der Waals surface area contributed by atoms with Crippen LogP contribution in [0.4, 0.5) is 4.79 Å². The van der Waals surface area contributed by atoms with E-state index >= 15 is 0 Å². The summed E-state index contributed by atoms with van der Waals surface area (Å²) in [5, 5.41) is 2.62. The van der Waals surface area contributed by atoms with E-state index in [1.165, 1.54) is 23.5 Å². The monoisotopic (exact) mass is 271 g/mol. The van der Waals surface area contributed by atoms with Crippen molar-refractivity contribution in [3.63, 3.8) is 0 Å². The van der Waals surface area contributed by atoms with Crippen molar-refractivity contribution in [2.24, 2.45) is 5.92 Å². The van der Waals surface area contributed by atoms with E-state index < -0.39 is 0 Å². The van der Waals surface area contributed by atoms with Gasteiger partial charge in [0.05, 0.1) is 5.03 Å². The van der Waals surface area contributed by atoms with Crippen LogP contribution in [-0.4, -0.2) is 21.4 Å². The summed E-state index contributed by atoms with van der Waals surface area (Å²) in [5.74, 6) is 0.572. The highest BCUT2D eigenvalue weighted by atomic mass is 32.2. The number of carbonyl (C=O) groups is 1. The molecule has 0 bridgehead atoms. The van der Waals surface area contributed by atoms with Crippen molar-refractivity contribution >= 4 is 28.8 Å². The summed E-state index contributed by atoms with van der Waals surface area (Å²) >= 11 is 2.89. The quantitative estimate of drug-likeness (QED) is 0.698. The zero-order valence-corrected chi connectivity index (χ0v) is 12.5. The summed E-state index contributed by atoms with van der Waals surface area (Å²) in [6.45, 7) is 14.9. The van der Waals surface area contributed by atoms with Gasteiger partial charge in [-0.1, -0.05) is 63.4 Å². The second kappa shape index (κ2) is 6.01. The zero-order valence-electron chi connectivity index (χ0n) is 10.9. The summed E-state index contributed by atoms with van der Waals surface area (Å²) in [6.07, 6.45) is 2.23. The molecule has 1 atom stereocenters. The molecule has 0 N–H and O–H groups in total. The molecule has 0 radical (unpaired) electrons. The first kappa shape index (κ1) is 14.7. The van der Waals surface area contributed by atoms with Crippen LogP contribution in [0.1, 0.15) is 33.6 Å². The number of amides is 1. The van der Waals surface area contributed by atoms with Crippen LogP contribution in [0.3, 0.4) is 0 Å². The normalized spacial score (nSPS) is 24.5. The van der Waals surface area contributed by atoms with Crippen molar-refractivity contribution < 1.29 is 4.79 Å². The molecule has 0 saturated carbocycles. The number of thioether (sulfide) groups is 2. The van der Waals surface area contributed by atoms with Gasteiger partial charge in [0.1, 0.15) is 0 Å². The number of rotatable bonds is 6. The van der Waals surface area contributed by atoms with Crippen molar-refractivity contribution in [2.75, 3.05) is 6.54 Å². The second-order valence-corrected chi connectivity index (χ2v) is 6.98. The third-order valence-electron chi connectivity index (χ3n) is 3.38. The molecule has 0 spiro atoms. The van der Waals surface area contributed by atoms with Crippen LogP contribution < -0.4 is 0 Å². The fourth-order valence-corrected chi connectivity index (χ4v) is 4.28. The number of hydrogen-bond donors (Lipinski definition) is 0. The second-order valence-electron chi connectivity index (χ2n) is 4.46. The first-order valence-corrected chi connectivity index (χ1v) is 7.65. The van der Waals surface area contributed by atoms with Crippen molar-refractivity contribution in [1.82, 2.24) is 4.90 Å². The van der Waals surface area contributed by atoms with Gasteiger partial charge in [-0.15, -0.1) is 0 Å². The maximum absolute atomic E-state index is 12.0. The van der Waals surface area contributed by atoms with Crippen LogP contribution in [0.5, 0.6) is 0 Å². The van der Waals surface area contributed by atoms with Gasteiger partial charge in [0.25, 0.3) is 5.24 Å². The lowest BCUT2D eigenvalue weighted by Crippen LogP contribution is -2.35. The molecule has 1 heterocycles. The van der Waals surface area contributed by atoms with Gasteiger partial charge in [0.2, 0.25) is 0 Å². The third-order valence-corrected chi connectivity index (χ3v) is 5.37. The Kier molecular flexibility index (Phi) is 5.20. The summed E-state index contributed by atoms with van der Waals surface area (Å²) in [7, 11) is 0. The molecule has 1 saturated heterocycles. The molecular formula is C13H21NOS2. The van der Waals surface area contributed by atoms with E-state index in [-0.39, 0.29) is 9.99 Å². The standard InChI is InChI=1S/C13H21NOS2/c1-6-11(7-2)13(5)9-14(12(15)17-13)10(4)16-8-3/h8,11H,3-4,6-7,9H2,1-2,5H3/t13-/m1/s1. The predicted octanol–water partition coefficient (Wildman–Crippen LogP) is 4.70. The number of carbonyl (C=O) groups excluding carboxylic acids is 1. The Bertz CT molecular complexity index is 325. The molecule has 0 aromatic carbocycles. The molecule has 1 aliphatic rings. The van der Waals surface area contributed by atoms with Crippen LogP contribution >= 0.6 is 23.5 Å². The topological polar surface area (TPSA) is 20.3 Å². The lowest BCUT2D eigenvalue weighted by atomic mass is 9.88. The highest BCUT2D eigenvalue weighted by Gasteiger charge is 2.45. The molecule has 1 aliphatic heterocycles. The average molecular weight is 271 g/mol. The van der Waals surface area contributed by atoms with E-state index in [2.05, 4.69) is 33.9 Å². The van der Waals surface area contributed by atoms with Gasteiger partial charge in [-0.3, -0.25) is 9.69 Å². The van der Waals surface area contributed by atoms with Gasteiger partial charge >= 0.3 is 0 Å². The van der Waals surface area contributed by atoms with Crippen LogP contribution in [0, 0.1) is 5.92 Å². The summed E-state index contributed by atoms with van der Waals surface area (Å²) in [5.41, 5.74) is 0.